The Labute approximate surface area is 155 Å². The summed E-state index contributed by atoms with van der Waals surface area (Å²) in [7, 11) is 1.62. The van der Waals surface area contributed by atoms with Gasteiger partial charge in [-0.05, 0) is 31.4 Å². The van der Waals surface area contributed by atoms with E-state index in [-0.39, 0.29) is 11.8 Å². The first-order chi connectivity index (χ1) is 12.2. The number of methoxy groups -OCH3 is 1. The molecular formula is C17H21N3O3S2. The number of rotatable bonds is 7. The summed E-state index contributed by atoms with van der Waals surface area (Å²) in [6, 6.07) is 5.78. The highest BCUT2D eigenvalue weighted by Crippen LogP contribution is 2.36. The largest absolute Gasteiger partial charge is 0.493 e. The van der Waals surface area contributed by atoms with E-state index in [0.29, 0.717) is 19.6 Å². The van der Waals surface area contributed by atoms with Gasteiger partial charge in [0, 0.05) is 12.3 Å². The zero-order valence-electron chi connectivity index (χ0n) is 14.3. The van der Waals surface area contributed by atoms with Crippen molar-refractivity contribution in [2.75, 3.05) is 26.0 Å². The van der Waals surface area contributed by atoms with Gasteiger partial charge in [0.25, 0.3) is 0 Å². The molecule has 0 unspecified atom stereocenters. The van der Waals surface area contributed by atoms with Gasteiger partial charge in [-0.1, -0.05) is 35.2 Å². The Morgan fingerprint density at radius 2 is 2.36 bits per heavy atom. The van der Waals surface area contributed by atoms with Crippen LogP contribution in [0.4, 0.5) is 0 Å². The van der Waals surface area contributed by atoms with E-state index >= 15 is 0 Å². The van der Waals surface area contributed by atoms with Gasteiger partial charge in [0.15, 0.2) is 15.8 Å². The van der Waals surface area contributed by atoms with Gasteiger partial charge in [0.1, 0.15) is 11.6 Å². The molecule has 0 radical (unpaired) electrons. The van der Waals surface area contributed by atoms with Gasteiger partial charge in [-0.2, -0.15) is 0 Å². The maximum atomic E-state index is 12.3. The minimum atomic E-state index is -0.155. The Bertz CT molecular complexity index is 736. The number of benzene rings is 1. The number of carbonyl (C=O) groups is 1. The summed E-state index contributed by atoms with van der Waals surface area (Å²) in [5.74, 6) is 2.29. The summed E-state index contributed by atoms with van der Waals surface area (Å²) in [6.45, 7) is 2.99. The van der Waals surface area contributed by atoms with E-state index in [1.165, 1.54) is 0 Å². The van der Waals surface area contributed by atoms with Crippen molar-refractivity contribution in [3.63, 3.8) is 0 Å². The van der Waals surface area contributed by atoms with Crippen molar-refractivity contribution < 1.29 is 14.3 Å². The highest BCUT2D eigenvalue weighted by molar-refractivity contribution is 8.01. The average Bonchev–Trinajstić information content (AvgIpc) is 3.05. The molecule has 6 nitrogen and oxygen atoms in total. The first-order valence-electron chi connectivity index (χ1n) is 8.16. The van der Waals surface area contributed by atoms with E-state index in [1.54, 1.807) is 30.2 Å². The number of para-hydroxylation sites is 1. The fraction of sp³-hybridized carbons (Fsp3) is 0.471. The second kappa shape index (κ2) is 8.53. The molecule has 2 aromatic rings. The monoisotopic (exact) mass is 379 g/mol. The molecule has 1 aromatic carbocycles. The van der Waals surface area contributed by atoms with Gasteiger partial charge < -0.3 is 14.8 Å². The summed E-state index contributed by atoms with van der Waals surface area (Å²) in [6.07, 6.45) is 1.57. The third-order valence-corrected chi connectivity index (χ3v) is 5.96. The third kappa shape index (κ3) is 4.64. The number of fused-ring (bicyclic) bond motifs is 1. The van der Waals surface area contributed by atoms with E-state index in [1.807, 2.05) is 25.1 Å². The van der Waals surface area contributed by atoms with Gasteiger partial charge >= 0.3 is 0 Å². The number of thioether (sulfide) groups is 1. The number of nitrogens with zero attached hydrogens (tertiary/aromatic N) is 2. The molecule has 0 spiro atoms. The first kappa shape index (κ1) is 18.0. The molecule has 1 aliphatic heterocycles. The van der Waals surface area contributed by atoms with Crippen LogP contribution in [0.15, 0.2) is 22.5 Å². The maximum absolute atomic E-state index is 12.3. The molecule has 2 heterocycles. The number of amides is 1. The molecule has 0 fully saturated rings. The average molecular weight is 380 g/mol. The van der Waals surface area contributed by atoms with Crippen LogP contribution >= 0.6 is 23.1 Å². The Morgan fingerprint density at radius 3 is 3.12 bits per heavy atom. The molecule has 1 aromatic heterocycles. The smallest absolute Gasteiger partial charge is 0.226 e. The number of aryl methyl sites for hydroxylation is 1. The minimum absolute atomic E-state index is 0.0465. The molecule has 0 saturated heterocycles. The lowest BCUT2D eigenvalue weighted by Gasteiger charge is -2.25. The Morgan fingerprint density at radius 1 is 1.48 bits per heavy atom. The number of carbonyl (C=O) groups excluding carboxylic acids is 1. The third-order valence-electron chi connectivity index (χ3n) is 3.90. The normalized spacial score (nSPS) is 16.0. The maximum Gasteiger partial charge on any atom is 0.226 e. The minimum Gasteiger partial charge on any atom is -0.493 e. The summed E-state index contributed by atoms with van der Waals surface area (Å²) >= 11 is 3.28. The first-order valence-corrected chi connectivity index (χ1v) is 9.97. The molecule has 1 amide bonds. The number of hydrogen-bond donors (Lipinski definition) is 1. The predicted molar refractivity (Wildman–Crippen MR) is 98.7 cm³/mol. The summed E-state index contributed by atoms with van der Waals surface area (Å²) < 4.78 is 12.0. The number of hydrogen-bond acceptors (Lipinski definition) is 7. The van der Waals surface area contributed by atoms with Crippen LogP contribution in [0.5, 0.6) is 11.5 Å². The molecular weight excluding hydrogens is 358 g/mol. The highest BCUT2D eigenvalue weighted by Gasteiger charge is 2.27. The molecule has 0 bridgehead atoms. The molecule has 1 aliphatic rings. The molecule has 0 aliphatic carbocycles. The SMILES string of the molecule is COc1cccc2c1OC[C@@H](C(=O)NCCCSc1nnc(C)s1)C2. The van der Waals surface area contributed by atoms with Crippen molar-refractivity contribution in [1.82, 2.24) is 15.5 Å². The standard InChI is InChI=1S/C17H21N3O3S2/c1-11-19-20-17(25-11)24-8-4-7-18-16(21)13-9-12-5-3-6-14(22-2)15(12)23-10-13/h3,5-6,13H,4,7-10H2,1-2H3,(H,18,21)/t13-/m0/s1. The van der Waals surface area contributed by atoms with Crippen molar-refractivity contribution in [3.8, 4) is 11.5 Å². The molecule has 1 atom stereocenters. The lowest BCUT2D eigenvalue weighted by atomic mass is 9.95. The van der Waals surface area contributed by atoms with Gasteiger partial charge in [0.05, 0.1) is 13.0 Å². The summed E-state index contributed by atoms with van der Waals surface area (Å²) in [4.78, 5) is 12.3. The van der Waals surface area contributed by atoms with Crippen molar-refractivity contribution in [1.29, 1.82) is 0 Å². The van der Waals surface area contributed by atoms with Gasteiger partial charge in [-0.25, -0.2) is 0 Å². The van der Waals surface area contributed by atoms with Crippen LogP contribution in [0.25, 0.3) is 0 Å². The van der Waals surface area contributed by atoms with Crippen molar-refractivity contribution in [2.45, 2.75) is 24.1 Å². The fourth-order valence-corrected chi connectivity index (χ4v) is 4.47. The number of aromatic nitrogens is 2. The highest BCUT2D eigenvalue weighted by atomic mass is 32.2. The number of ether oxygens (including phenoxy) is 2. The predicted octanol–water partition coefficient (Wildman–Crippen LogP) is 2.70. The van der Waals surface area contributed by atoms with Crippen LogP contribution < -0.4 is 14.8 Å². The molecule has 134 valence electrons. The van der Waals surface area contributed by atoms with Crippen LogP contribution in [0, 0.1) is 12.8 Å². The topological polar surface area (TPSA) is 73.3 Å². The Kier molecular flexibility index (Phi) is 6.14. The second-order valence-electron chi connectivity index (χ2n) is 5.74. The Balaban J connectivity index is 1.41. The van der Waals surface area contributed by atoms with Gasteiger partial charge in [-0.15, -0.1) is 10.2 Å². The van der Waals surface area contributed by atoms with E-state index < -0.39 is 0 Å². The lowest BCUT2D eigenvalue weighted by molar-refractivity contribution is -0.126. The summed E-state index contributed by atoms with van der Waals surface area (Å²) in [5.41, 5.74) is 1.02. The van der Waals surface area contributed by atoms with Crippen molar-refractivity contribution >= 4 is 29.0 Å². The Hall–Kier alpha value is -1.80. The van der Waals surface area contributed by atoms with Crippen LogP contribution in [-0.2, 0) is 11.2 Å². The van der Waals surface area contributed by atoms with Crippen LogP contribution in [0.1, 0.15) is 17.0 Å². The lowest BCUT2D eigenvalue weighted by Crippen LogP contribution is -2.37. The molecule has 3 rings (SSSR count). The zero-order chi connectivity index (χ0) is 17.6. The molecule has 8 heteroatoms. The quantitative estimate of drug-likeness (QED) is 0.589. The van der Waals surface area contributed by atoms with Crippen molar-refractivity contribution in [2.24, 2.45) is 5.92 Å². The van der Waals surface area contributed by atoms with Crippen LogP contribution in [0.2, 0.25) is 0 Å². The van der Waals surface area contributed by atoms with E-state index in [9.17, 15) is 4.79 Å². The van der Waals surface area contributed by atoms with Crippen LogP contribution in [-0.4, -0.2) is 42.1 Å². The van der Waals surface area contributed by atoms with Gasteiger partial charge in [0.2, 0.25) is 5.91 Å². The second-order valence-corrected chi connectivity index (χ2v) is 8.26. The molecule has 1 N–H and O–H groups in total. The summed E-state index contributed by atoms with van der Waals surface area (Å²) in [5, 5.41) is 12.0. The molecule has 0 saturated carbocycles. The van der Waals surface area contributed by atoms with Crippen molar-refractivity contribution in [3.05, 3.63) is 28.8 Å². The molecule has 25 heavy (non-hydrogen) atoms. The van der Waals surface area contributed by atoms with E-state index in [4.69, 9.17) is 9.47 Å². The fourth-order valence-electron chi connectivity index (χ4n) is 2.65. The van der Waals surface area contributed by atoms with Crippen LogP contribution in [0.3, 0.4) is 0 Å². The zero-order valence-corrected chi connectivity index (χ0v) is 15.9. The van der Waals surface area contributed by atoms with E-state index in [0.717, 1.165) is 38.6 Å². The number of nitrogens with one attached hydrogen (secondary N) is 1. The van der Waals surface area contributed by atoms with E-state index in [2.05, 4.69) is 15.5 Å². The van der Waals surface area contributed by atoms with Gasteiger partial charge in [-0.3, -0.25) is 4.79 Å².